The smallest absolute Gasteiger partial charge is 0.161 e. The van der Waals surface area contributed by atoms with E-state index in [0.29, 0.717) is 6.61 Å². The molecule has 0 saturated carbocycles. The van der Waals surface area contributed by atoms with Crippen molar-refractivity contribution >= 4 is 0 Å². The highest BCUT2D eigenvalue weighted by Gasteiger charge is 2.20. The quantitative estimate of drug-likeness (QED) is 0.810. The Bertz CT molecular complexity index is 699. The molecule has 4 nitrogen and oxygen atoms in total. The van der Waals surface area contributed by atoms with E-state index in [4.69, 9.17) is 14.2 Å². The lowest BCUT2D eigenvalue weighted by molar-refractivity contribution is 0.238. The summed E-state index contributed by atoms with van der Waals surface area (Å²) in [5.74, 6) is 2.59. The molecule has 128 valence electrons. The van der Waals surface area contributed by atoms with Crippen molar-refractivity contribution in [3.05, 3.63) is 53.1 Å². The monoisotopic (exact) mass is 327 g/mol. The van der Waals surface area contributed by atoms with E-state index in [2.05, 4.69) is 29.2 Å². The zero-order chi connectivity index (χ0) is 16.9. The Hall–Kier alpha value is -2.20. The SMILES string of the molecule is CCOc1ccccc1CN1CCc2cc(OC)c(OC)cc2C1. The fourth-order valence-corrected chi connectivity index (χ4v) is 3.25. The molecule has 0 aliphatic carbocycles. The van der Waals surface area contributed by atoms with E-state index < -0.39 is 0 Å². The van der Waals surface area contributed by atoms with E-state index in [0.717, 1.165) is 43.3 Å². The van der Waals surface area contributed by atoms with Crippen LogP contribution in [0.2, 0.25) is 0 Å². The second-order valence-corrected chi connectivity index (χ2v) is 5.98. The maximum Gasteiger partial charge on any atom is 0.161 e. The lowest BCUT2D eigenvalue weighted by Gasteiger charge is -2.30. The van der Waals surface area contributed by atoms with Crippen LogP contribution < -0.4 is 14.2 Å². The van der Waals surface area contributed by atoms with Crippen LogP contribution >= 0.6 is 0 Å². The number of nitrogens with zero attached hydrogens (tertiary/aromatic N) is 1. The summed E-state index contributed by atoms with van der Waals surface area (Å²) in [6.07, 6.45) is 1.02. The molecule has 1 aliphatic heterocycles. The van der Waals surface area contributed by atoms with Crippen LogP contribution in [0.5, 0.6) is 17.2 Å². The highest BCUT2D eigenvalue weighted by Crippen LogP contribution is 2.34. The fourth-order valence-electron chi connectivity index (χ4n) is 3.25. The number of hydrogen-bond acceptors (Lipinski definition) is 4. The van der Waals surface area contributed by atoms with E-state index >= 15 is 0 Å². The van der Waals surface area contributed by atoms with Gasteiger partial charge in [0.2, 0.25) is 0 Å². The minimum absolute atomic E-state index is 0.691. The van der Waals surface area contributed by atoms with Crippen LogP contribution in [-0.4, -0.2) is 32.3 Å². The Balaban J connectivity index is 1.78. The molecule has 24 heavy (non-hydrogen) atoms. The Labute approximate surface area is 144 Å². The predicted octanol–water partition coefficient (Wildman–Crippen LogP) is 3.66. The van der Waals surface area contributed by atoms with Gasteiger partial charge in [-0.2, -0.15) is 0 Å². The summed E-state index contributed by atoms with van der Waals surface area (Å²) in [5.41, 5.74) is 3.90. The van der Waals surface area contributed by atoms with Gasteiger partial charge in [-0.3, -0.25) is 4.90 Å². The molecule has 0 unspecified atom stereocenters. The Morgan fingerprint density at radius 2 is 1.67 bits per heavy atom. The molecule has 1 heterocycles. The van der Waals surface area contributed by atoms with Gasteiger partial charge in [0.15, 0.2) is 11.5 Å². The third-order valence-electron chi connectivity index (χ3n) is 4.46. The molecule has 0 amide bonds. The first-order valence-corrected chi connectivity index (χ1v) is 8.42. The van der Waals surface area contributed by atoms with E-state index in [9.17, 15) is 0 Å². The number of benzene rings is 2. The molecule has 4 heteroatoms. The molecular weight excluding hydrogens is 302 g/mol. The Morgan fingerprint density at radius 1 is 0.958 bits per heavy atom. The van der Waals surface area contributed by atoms with Gasteiger partial charge in [-0.15, -0.1) is 0 Å². The second-order valence-electron chi connectivity index (χ2n) is 5.98. The standard InChI is InChI=1S/C20H25NO3/c1-4-24-18-8-6-5-7-16(18)13-21-10-9-15-11-19(22-2)20(23-3)12-17(15)14-21/h5-8,11-12H,4,9-10,13-14H2,1-3H3. The van der Waals surface area contributed by atoms with E-state index in [-0.39, 0.29) is 0 Å². The fraction of sp³-hybridized carbons (Fsp3) is 0.400. The van der Waals surface area contributed by atoms with Crippen molar-refractivity contribution in [3.63, 3.8) is 0 Å². The molecule has 0 radical (unpaired) electrons. The first kappa shape index (κ1) is 16.7. The van der Waals surface area contributed by atoms with Crippen LogP contribution in [0.25, 0.3) is 0 Å². The van der Waals surface area contributed by atoms with Crippen LogP contribution in [0.3, 0.4) is 0 Å². The predicted molar refractivity (Wildman–Crippen MR) is 95.0 cm³/mol. The van der Waals surface area contributed by atoms with Crippen molar-refractivity contribution in [2.24, 2.45) is 0 Å². The van der Waals surface area contributed by atoms with Gasteiger partial charge in [-0.1, -0.05) is 18.2 Å². The molecule has 0 bridgehead atoms. The molecule has 0 fully saturated rings. The van der Waals surface area contributed by atoms with E-state index in [1.807, 2.05) is 19.1 Å². The maximum absolute atomic E-state index is 5.75. The van der Waals surface area contributed by atoms with E-state index in [1.54, 1.807) is 14.2 Å². The third-order valence-corrected chi connectivity index (χ3v) is 4.46. The molecule has 3 rings (SSSR count). The van der Waals surface area contributed by atoms with Gasteiger partial charge in [0.1, 0.15) is 5.75 Å². The number of para-hydroxylation sites is 1. The molecule has 0 saturated heterocycles. The first-order valence-electron chi connectivity index (χ1n) is 8.42. The molecule has 0 atom stereocenters. The lowest BCUT2D eigenvalue weighted by Crippen LogP contribution is -2.30. The van der Waals surface area contributed by atoms with Crippen LogP contribution in [0, 0.1) is 0 Å². The van der Waals surface area contributed by atoms with Gasteiger partial charge in [0.25, 0.3) is 0 Å². The Morgan fingerprint density at radius 3 is 2.38 bits per heavy atom. The van der Waals surface area contributed by atoms with Gasteiger partial charge >= 0.3 is 0 Å². The molecule has 2 aromatic carbocycles. The van der Waals surface area contributed by atoms with Gasteiger partial charge in [-0.25, -0.2) is 0 Å². The van der Waals surface area contributed by atoms with Crippen molar-refractivity contribution in [1.29, 1.82) is 0 Å². The van der Waals surface area contributed by atoms with Crippen LogP contribution in [0.1, 0.15) is 23.6 Å². The molecule has 0 spiro atoms. The van der Waals surface area contributed by atoms with E-state index in [1.165, 1.54) is 16.7 Å². The van der Waals surface area contributed by atoms with Gasteiger partial charge < -0.3 is 14.2 Å². The van der Waals surface area contributed by atoms with Crippen LogP contribution in [-0.2, 0) is 19.5 Å². The summed E-state index contributed by atoms with van der Waals surface area (Å²) in [5, 5.41) is 0. The van der Waals surface area contributed by atoms with Crippen LogP contribution in [0.4, 0.5) is 0 Å². The van der Waals surface area contributed by atoms with Gasteiger partial charge in [-0.05, 0) is 42.7 Å². The van der Waals surface area contributed by atoms with Crippen molar-refractivity contribution in [2.75, 3.05) is 27.4 Å². The largest absolute Gasteiger partial charge is 0.494 e. The maximum atomic E-state index is 5.75. The molecule has 0 aromatic heterocycles. The number of methoxy groups -OCH3 is 2. The van der Waals surface area contributed by atoms with Crippen molar-refractivity contribution in [2.45, 2.75) is 26.4 Å². The zero-order valence-corrected chi connectivity index (χ0v) is 14.7. The van der Waals surface area contributed by atoms with Gasteiger partial charge in [0, 0.05) is 25.2 Å². The summed E-state index contributed by atoms with van der Waals surface area (Å²) >= 11 is 0. The van der Waals surface area contributed by atoms with Crippen molar-refractivity contribution in [1.82, 2.24) is 4.90 Å². The number of fused-ring (bicyclic) bond motifs is 1. The highest BCUT2D eigenvalue weighted by atomic mass is 16.5. The molecule has 1 aliphatic rings. The van der Waals surface area contributed by atoms with Gasteiger partial charge in [0.05, 0.1) is 20.8 Å². The average molecular weight is 327 g/mol. The summed E-state index contributed by atoms with van der Waals surface area (Å²) < 4.78 is 16.6. The average Bonchev–Trinajstić information content (AvgIpc) is 2.62. The molecular formula is C20H25NO3. The minimum atomic E-state index is 0.691. The summed E-state index contributed by atoms with van der Waals surface area (Å²) in [6, 6.07) is 12.5. The number of hydrogen-bond donors (Lipinski definition) is 0. The Kier molecular flexibility index (Phi) is 5.26. The topological polar surface area (TPSA) is 30.9 Å². The van der Waals surface area contributed by atoms with Crippen molar-refractivity contribution < 1.29 is 14.2 Å². The molecule has 2 aromatic rings. The zero-order valence-electron chi connectivity index (χ0n) is 14.7. The lowest BCUT2D eigenvalue weighted by atomic mass is 9.98. The summed E-state index contributed by atoms with van der Waals surface area (Å²) in [7, 11) is 3.37. The number of rotatable bonds is 6. The van der Waals surface area contributed by atoms with Crippen LogP contribution in [0.15, 0.2) is 36.4 Å². The normalized spacial score (nSPS) is 14.1. The molecule has 0 N–H and O–H groups in total. The second kappa shape index (κ2) is 7.58. The van der Waals surface area contributed by atoms with Crippen molar-refractivity contribution in [3.8, 4) is 17.2 Å². The number of ether oxygens (including phenoxy) is 3. The summed E-state index contributed by atoms with van der Waals surface area (Å²) in [6.45, 7) is 5.55. The minimum Gasteiger partial charge on any atom is -0.494 e. The first-order chi connectivity index (χ1) is 11.7. The third kappa shape index (κ3) is 3.49. The highest BCUT2D eigenvalue weighted by molar-refractivity contribution is 5.48. The summed E-state index contributed by atoms with van der Waals surface area (Å²) in [4.78, 5) is 2.45.